The van der Waals surface area contributed by atoms with Crippen LogP contribution in [0.2, 0.25) is 0 Å². The van der Waals surface area contributed by atoms with E-state index in [1.807, 2.05) is 0 Å². The normalized spacial score (nSPS) is 20.7. The first-order chi connectivity index (χ1) is 13.2. The van der Waals surface area contributed by atoms with E-state index in [1.165, 1.54) is 0 Å². The fourth-order valence-corrected chi connectivity index (χ4v) is 4.31. The third-order valence-corrected chi connectivity index (χ3v) is 6.08. The van der Waals surface area contributed by atoms with Crippen molar-refractivity contribution in [2.45, 2.75) is 66.2 Å². The van der Waals surface area contributed by atoms with Crippen molar-refractivity contribution in [2.75, 3.05) is 0 Å². The van der Waals surface area contributed by atoms with Crippen LogP contribution in [0, 0.1) is 49.0 Å². The minimum atomic E-state index is -0.669. The maximum absolute atomic E-state index is 13.5. The van der Waals surface area contributed by atoms with Crippen LogP contribution in [0.3, 0.4) is 0 Å². The Morgan fingerprint density at radius 3 is 1.36 bits per heavy atom. The second-order valence-corrected chi connectivity index (χ2v) is 8.61. The van der Waals surface area contributed by atoms with Gasteiger partial charge in [-0.2, -0.15) is 0 Å². The predicted molar refractivity (Wildman–Crippen MR) is 105 cm³/mol. The van der Waals surface area contributed by atoms with Crippen molar-refractivity contribution in [1.29, 1.82) is 0 Å². The minimum absolute atomic E-state index is 0.427. The monoisotopic (exact) mass is 392 g/mol. The van der Waals surface area contributed by atoms with Crippen molar-refractivity contribution in [3.8, 4) is 0 Å². The van der Waals surface area contributed by atoms with E-state index in [-0.39, 0.29) is 0 Å². The lowest BCUT2D eigenvalue weighted by Gasteiger charge is -2.22. The van der Waals surface area contributed by atoms with Crippen LogP contribution in [-0.2, 0) is 25.7 Å². The van der Waals surface area contributed by atoms with Crippen LogP contribution in [0.25, 0.3) is 0 Å². The van der Waals surface area contributed by atoms with E-state index < -0.39 is 23.3 Å². The molecule has 0 saturated carbocycles. The van der Waals surface area contributed by atoms with Crippen LogP contribution < -0.4 is 0 Å². The van der Waals surface area contributed by atoms with Gasteiger partial charge < -0.3 is 0 Å². The van der Waals surface area contributed by atoms with E-state index in [2.05, 4.69) is 13.8 Å². The summed E-state index contributed by atoms with van der Waals surface area (Å²) in [5.41, 5.74) is 4.06. The van der Waals surface area contributed by atoms with Crippen LogP contribution >= 0.6 is 0 Å². The third-order valence-electron chi connectivity index (χ3n) is 6.08. The molecule has 2 atom stereocenters. The average Bonchev–Trinajstić information content (AvgIpc) is 2.66. The van der Waals surface area contributed by atoms with Crippen LogP contribution in [0.15, 0.2) is 12.1 Å². The van der Waals surface area contributed by atoms with Gasteiger partial charge in [0.2, 0.25) is 0 Å². The number of fused-ring (bicyclic) bond motifs is 2. The number of benzene rings is 2. The van der Waals surface area contributed by atoms with Crippen molar-refractivity contribution < 1.29 is 17.6 Å². The second-order valence-electron chi connectivity index (χ2n) is 8.61. The first-order valence-electron chi connectivity index (χ1n) is 10.1. The van der Waals surface area contributed by atoms with Gasteiger partial charge in [0.25, 0.3) is 0 Å². The highest BCUT2D eigenvalue weighted by molar-refractivity contribution is 5.37. The van der Waals surface area contributed by atoms with E-state index in [1.54, 1.807) is 26.0 Å². The van der Waals surface area contributed by atoms with E-state index in [0.29, 0.717) is 46.9 Å². The Morgan fingerprint density at radius 1 is 0.643 bits per heavy atom. The molecule has 0 aliphatic heterocycles. The first-order valence-corrected chi connectivity index (χ1v) is 10.1. The Hall–Kier alpha value is -1.84. The molecule has 0 saturated heterocycles. The Kier molecular flexibility index (Phi) is 6.16. The second kappa shape index (κ2) is 8.26. The van der Waals surface area contributed by atoms with Crippen molar-refractivity contribution in [3.63, 3.8) is 0 Å². The number of hydrogen-bond acceptors (Lipinski definition) is 0. The molecule has 0 aromatic heterocycles. The van der Waals surface area contributed by atoms with Gasteiger partial charge >= 0.3 is 0 Å². The number of rotatable bonds is 0. The molecule has 28 heavy (non-hydrogen) atoms. The van der Waals surface area contributed by atoms with Crippen LogP contribution in [0.4, 0.5) is 17.6 Å². The Bertz CT molecular complexity index is 812. The molecule has 2 unspecified atom stereocenters. The van der Waals surface area contributed by atoms with E-state index in [0.717, 1.165) is 36.8 Å². The lowest BCUT2D eigenvalue weighted by Crippen LogP contribution is -2.14. The van der Waals surface area contributed by atoms with Gasteiger partial charge in [0.15, 0.2) is 23.3 Å². The van der Waals surface area contributed by atoms with E-state index in [9.17, 15) is 17.6 Å². The van der Waals surface area contributed by atoms with Gasteiger partial charge in [-0.05, 0) is 97.6 Å². The van der Waals surface area contributed by atoms with E-state index in [4.69, 9.17) is 0 Å². The molecule has 4 heteroatoms. The zero-order valence-electron chi connectivity index (χ0n) is 17.1. The molecule has 2 aromatic carbocycles. The summed E-state index contributed by atoms with van der Waals surface area (Å²) in [5.74, 6) is -1.63. The fraction of sp³-hybridized carbons (Fsp3) is 0.500. The summed E-state index contributed by atoms with van der Waals surface area (Å²) in [6.45, 7) is 7.41. The Morgan fingerprint density at radius 2 is 1.00 bits per heavy atom. The number of hydrogen-bond donors (Lipinski definition) is 0. The predicted octanol–water partition coefficient (Wildman–Crippen LogP) is 6.80. The van der Waals surface area contributed by atoms with Crippen LogP contribution in [0.1, 0.15) is 60.1 Å². The third kappa shape index (κ3) is 4.11. The molecule has 2 aromatic rings. The molecule has 0 N–H and O–H groups in total. The molecule has 0 nitrogen and oxygen atoms in total. The first kappa shape index (κ1) is 20.9. The van der Waals surface area contributed by atoms with Gasteiger partial charge in [0, 0.05) is 0 Å². The summed E-state index contributed by atoms with van der Waals surface area (Å²) in [6.07, 6.45) is 5.29. The Labute approximate surface area is 165 Å². The summed E-state index contributed by atoms with van der Waals surface area (Å²) in [5, 5.41) is 0. The highest BCUT2D eigenvalue weighted by atomic mass is 19.2. The number of aryl methyl sites for hydroxylation is 4. The molecule has 0 spiro atoms. The molecule has 4 rings (SSSR count). The van der Waals surface area contributed by atoms with Gasteiger partial charge in [0.05, 0.1) is 0 Å². The molecular weight excluding hydrogens is 364 g/mol. The van der Waals surface area contributed by atoms with E-state index >= 15 is 0 Å². The summed E-state index contributed by atoms with van der Waals surface area (Å²) >= 11 is 0. The molecule has 2 aliphatic rings. The van der Waals surface area contributed by atoms with Crippen molar-refractivity contribution >= 4 is 0 Å². The summed E-state index contributed by atoms with van der Waals surface area (Å²) < 4.78 is 53.6. The molecule has 0 radical (unpaired) electrons. The smallest absolute Gasteiger partial charge is 0.162 e. The quantitative estimate of drug-likeness (QED) is 0.433. The topological polar surface area (TPSA) is 0 Å². The SMILES string of the molecule is Cc1cc2c(c(F)c1F)CC(C)CC2.Cc1cc2c(c(F)c1F)CC(C)CC2. The largest absolute Gasteiger partial charge is 0.203 e. The number of halogens is 4. The molecule has 0 bridgehead atoms. The maximum Gasteiger partial charge on any atom is 0.162 e. The molecule has 0 amide bonds. The molecule has 152 valence electrons. The van der Waals surface area contributed by atoms with Gasteiger partial charge in [-0.3, -0.25) is 0 Å². The fourth-order valence-electron chi connectivity index (χ4n) is 4.31. The molecule has 0 heterocycles. The average molecular weight is 392 g/mol. The van der Waals surface area contributed by atoms with Gasteiger partial charge in [0.1, 0.15) is 0 Å². The standard InChI is InChI=1S/2C12H14F2/c2*1-7-3-4-9-6-8(2)11(13)12(14)10(9)5-7/h2*6-7H,3-5H2,1-2H3. The maximum atomic E-state index is 13.5. The summed E-state index contributed by atoms with van der Waals surface area (Å²) in [7, 11) is 0. The summed E-state index contributed by atoms with van der Waals surface area (Å²) in [6, 6.07) is 3.58. The molecule has 2 aliphatic carbocycles. The molecular formula is C24H28F4. The van der Waals surface area contributed by atoms with Crippen molar-refractivity contribution in [1.82, 2.24) is 0 Å². The van der Waals surface area contributed by atoms with Crippen LogP contribution in [-0.4, -0.2) is 0 Å². The lowest BCUT2D eigenvalue weighted by atomic mass is 9.84. The Balaban J connectivity index is 0.000000161. The van der Waals surface area contributed by atoms with Gasteiger partial charge in [-0.25, -0.2) is 17.6 Å². The zero-order chi connectivity index (χ0) is 20.6. The lowest BCUT2D eigenvalue weighted by molar-refractivity contribution is 0.446. The highest BCUT2D eigenvalue weighted by Crippen LogP contribution is 2.31. The minimum Gasteiger partial charge on any atom is -0.203 e. The van der Waals surface area contributed by atoms with Gasteiger partial charge in [-0.1, -0.05) is 26.0 Å². The summed E-state index contributed by atoms with van der Waals surface area (Å²) in [4.78, 5) is 0. The zero-order valence-corrected chi connectivity index (χ0v) is 17.1. The molecule has 0 fully saturated rings. The highest BCUT2D eigenvalue weighted by Gasteiger charge is 2.23. The van der Waals surface area contributed by atoms with Crippen molar-refractivity contribution in [2.24, 2.45) is 11.8 Å². The van der Waals surface area contributed by atoms with Gasteiger partial charge in [-0.15, -0.1) is 0 Å². The van der Waals surface area contributed by atoms with Crippen LogP contribution in [0.5, 0.6) is 0 Å². The van der Waals surface area contributed by atoms with Crippen molar-refractivity contribution in [3.05, 3.63) is 68.8 Å².